The highest BCUT2D eigenvalue weighted by atomic mass is 15.3. The van der Waals surface area contributed by atoms with Crippen molar-refractivity contribution >= 4 is 28.5 Å². The first-order chi connectivity index (χ1) is 15.9. The SMILES string of the molecule is c1ccc(CC2CCCCN2c2cnc3c(N4CCCc5ncccc54)n[nH]c3n2)cc1. The summed E-state index contributed by atoms with van der Waals surface area (Å²) in [5.41, 5.74) is 5.19. The molecule has 1 saturated heterocycles. The smallest absolute Gasteiger partial charge is 0.183 e. The molecule has 1 fully saturated rings. The molecule has 2 aliphatic heterocycles. The predicted molar refractivity (Wildman–Crippen MR) is 126 cm³/mol. The first-order valence-electron chi connectivity index (χ1n) is 11.6. The Labute approximate surface area is 187 Å². The number of rotatable bonds is 4. The monoisotopic (exact) mass is 425 g/mol. The number of anilines is 3. The summed E-state index contributed by atoms with van der Waals surface area (Å²) in [6.45, 7) is 1.93. The molecule has 1 unspecified atom stereocenters. The summed E-state index contributed by atoms with van der Waals surface area (Å²) < 4.78 is 0. The van der Waals surface area contributed by atoms with Crippen LogP contribution in [0.15, 0.2) is 54.9 Å². The van der Waals surface area contributed by atoms with Crippen molar-refractivity contribution in [3.8, 4) is 0 Å². The molecule has 6 rings (SSSR count). The Hall–Kier alpha value is -3.48. The minimum absolute atomic E-state index is 0.445. The number of nitrogens with one attached hydrogen (secondary N) is 1. The number of nitrogens with zero attached hydrogens (tertiary/aromatic N) is 6. The van der Waals surface area contributed by atoms with Gasteiger partial charge in [-0.3, -0.25) is 10.1 Å². The van der Waals surface area contributed by atoms with Gasteiger partial charge in [0.1, 0.15) is 5.82 Å². The van der Waals surface area contributed by atoms with Gasteiger partial charge in [-0.15, -0.1) is 0 Å². The number of benzene rings is 1. The molecular formula is C25H27N7. The van der Waals surface area contributed by atoms with E-state index in [1.54, 1.807) is 0 Å². The van der Waals surface area contributed by atoms with E-state index >= 15 is 0 Å². The van der Waals surface area contributed by atoms with Crippen molar-refractivity contribution in [1.82, 2.24) is 25.1 Å². The molecule has 0 aliphatic carbocycles. The number of hydrogen-bond acceptors (Lipinski definition) is 6. The fourth-order valence-electron chi connectivity index (χ4n) is 5.12. The first-order valence-corrected chi connectivity index (χ1v) is 11.6. The lowest BCUT2D eigenvalue weighted by Crippen LogP contribution is -2.41. The molecular weight excluding hydrogens is 398 g/mol. The second-order valence-corrected chi connectivity index (χ2v) is 8.73. The zero-order valence-corrected chi connectivity index (χ0v) is 18.1. The Morgan fingerprint density at radius 3 is 2.84 bits per heavy atom. The third-order valence-electron chi connectivity index (χ3n) is 6.68. The van der Waals surface area contributed by atoms with E-state index in [4.69, 9.17) is 9.97 Å². The van der Waals surface area contributed by atoms with Crippen LogP contribution in [-0.2, 0) is 12.8 Å². The molecule has 0 spiro atoms. The number of hydrogen-bond donors (Lipinski definition) is 1. The highest BCUT2D eigenvalue weighted by molar-refractivity contribution is 5.87. The van der Waals surface area contributed by atoms with Gasteiger partial charge in [-0.05, 0) is 56.2 Å². The van der Waals surface area contributed by atoms with Crippen LogP contribution in [0.5, 0.6) is 0 Å². The van der Waals surface area contributed by atoms with Crippen molar-refractivity contribution in [1.29, 1.82) is 0 Å². The molecule has 0 amide bonds. The van der Waals surface area contributed by atoms with Gasteiger partial charge in [-0.1, -0.05) is 30.3 Å². The third kappa shape index (κ3) is 3.47. The number of aromatic amines is 1. The van der Waals surface area contributed by atoms with E-state index in [1.807, 2.05) is 18.5 Å². The summed E-state index contributed by atoms with van der Waals surface area (Å²) in [4.78, 5) is 19.0. The summed E-state index contributed by atoms with van der Waals surface area (Å²) in [5.74, 6) is 1.78. The van der Waals surface area contributed by atoms with Crippen molar-refractivity contribution < 1.29 is 0 Å². The Balaban J connectivity index is 1.31. The fourth-order valence-corrected chi connectivity index (χ4v) is 5.12. The molecule has 1 aromatic carbocycles. The Morgan fingerprint density at radius 1 is 0.969 bits per heavy atom. The van der Waals surface area contributed by atoms with Crippen LogP contribution < -0.4 is 9.80 Å². The van der Waals surface area contributed by atoms with Crippen LogP contribution in [0.1, 0.15) is 36.9 Å². The average molecular weight is 426 g/mol. The third-order valence-corrected chi connectivity index (χ3v) is 6.68. The molecule has 5 heterocycles. The lowest BCUT2D eigenvalue weighted by atomic mass is 9.95. The largest absolute Gasteiger partial charge is 0.352 e. The van der Waals surface area contributed by atoms with E-state index in [9.17, 15) is 0 Å². The van der Waals surface area contributed by atoms with E-state index in [0.29, 0.717) is 6.04 Å². The Kier molecular flexibility index (Phi) is 4.94. The predicted octanol–water partition coefficient (Wildman–Crippen LogP) is 4.43. The van der Waals surface area contributed by atoms with Gasteiger partial charge in [0.2, 0.25) is 0 Å². The lowest BCUT2D eigenvalue weighted by molar-refractivity contribution is 0.454. The molecule has 4 aromatic rings. The Bertz CT molecular complexity index is 1220. The minimum Gasteiger partial charge on any atom is -0.352 e. The van der Waals surface area contributed by atoms with Crippen LogP contribution >= 0.6 is 0 Å². The summed E-state index contributed by atoms with van der Waals surface area (Å²) in [6, 6.07) is 15.3. The molecule has 2 aliphatic rings. The summed E-state index contributed by atoms with van der Waals surface area (Å²) >= 11 is 0. The van der Waals surface area contributed by atoms with Crippen molar-refractivity contribution in [2.24, 2.45) is 0 Å². The Morgan fingerprint density at radius 2 is 1.91 bits per heavy atom. The molecule has 162 valence electrons. The van der Waals surface area contributed by atoms with Gasteiger partial charge in [0, 0.05) is 25.3 Å². The van der Waals surface area contributed by atoms with E-state index in [0.717, 1.165) is 66.5 Å². The van der Waals surface area contributed by atoms with Gasteiger partial charge in [0.25, 0.3) is 0 Å². The fraction of sp³-hybridized carbons (Fsp3) is 0.360. The normalized spacial score (nSPS) is 18.7. The molecule has 32 heavy (non-hydrogen) atoms. The van der Waals surface area contributed by atoms with Crippen LogP contribution in [0, 0.1) is 0 Å². The highest BCUT2D eigenvalue weighted by Crippen LogP contribution is 2.34. The van der Waals surface area contributed by atoms with Gasteiger partial charge in [-0.2, -0.15) is 5.10 Å². The lowest BCUT2D eigenvalue weighted by Gasteiger charge is -2.36. The van der Waals surface area contributed by atoms with Gasteiger partial charge in [0.15, 0.2) is 17.0 Å². The molecule has 0 saturated carbocycles. The first kappa shape index (κ1) is 19.2. The average Bonchev–Trinajstić information content (AvgIpc) is 3.28. The number of aromatic nitrogens is 5. The standard InChI is InChI=1S/C25H27N7/c1-2-8-18(9-3-1)16-19-10-4-5-14-31(19)22-17-27-23-24(28-22)29-30-25(23)32-15-7-11-20-21(32)12-6-13-26-20/h1-3,6,8-9,12-13,17,19H,4-5,7,10-11,14-16H2,(H,28,29,30). The highest BCUT2D eigenvalue weighted by Gasteiger charge is 2.27. The number of H-pyrrole nitrogens is 1. The van der Waals surface area contributed by atoms with Crippen LogP contribution in [0.2, 0.25) is 0 Å². The second-order valence-electron chi connectivity index (χ2n) is 8.73. The molecule has 0 bridgehead atoms. The maximum atomic E-state index is 4.97. The molecule has 3 aromatic heterocycles. The van der Waals surface area contributed by atoms with Gasteiger partial charge in [0.05, 0.1) is 17.6 Å². The van der Waals surface area contributed by atoms with E-state index < -0.39 is 0 Å². The van der Waals surface area contributed by atoms with Crippen molar-refractivity contribution in [2.45, 2.75) is 44.6 Å². The topological polar surface area (TPSA) is 73.8 Å². The molecule has 0 radical (unpaired) electrons. The second kappa shape index (κ2) is 8.22. The zero-order chi connectivity index (χ0) is 21.3. The number of piperidine rings is 1. The number of aryl methyl sites for hydroxylation is 1. The number of pyridine rings is 1. The quantitative estimate of drug-likeness (QED) is 0.521. The van der Waals surface area contributed by atoms with Crippen LogP contribution in [-0.4, -0.2) is 44.3 Å². The molecule has 1 N–H and O–H groups in total. The maximum Gasteiger partial charge on any atom is 0.183 e. The van der Waals surface area contributed by atoms with Crippen molar-refractivity contribution in [2.75, 3.05) is 22.9 Å². The van der Waals surface area contributed by atoms with Gasteiger partial charge >= 0.3 is 0 Å². The van der Waals surface area contributed by atoms with Crippen LogP contribution in [0.4, 0.5) is 17.3 Å². The molecule has 7 nitrogen and oxygen atoms in total. The van der Waals surface area contributed by atoms with Crippen molar-refractivity contribution in [3.05, 3.63) is 66.1 Å². The summed E-state index contributed by atoms with van der Waals surface area (Å²) in [6.07, 6.45) is 10.5. The summed E-state index contributed by atoms with van der Waals surface area (Å²) in [5, 5.41) is 7.77. The maximum absolute atomic E-state index is 4.97. The van der Waals surface area contributed by atoms with Crippen LogP contribution in [0.25, 0.3) is 11.2 Å². The van der Waals surface area contributed by atoms with Crippen molar-refractivity contribution in [3.63, 3.8) is 0 Å². The molecule has 1 atom stereocenters. The van der Waals surface area contributed by atoms with E-state index in [-0.39, 0.29) is 0 Å². The molecule has 7 heteroatoms. The minimum atomic E-state index is 0.445. The van der Waals surface area contributed by atoms with E-state index in [2.05, 4.69) is 61.4 Å². The van der Waals surface area contributed by atoms with Gasteiger partial charge in [-0.25, -0.2) is 9.97 Å². The number of fused-ring (bicyclic) bond motifs is 2. The zero-order valence-electron chi connectivity index (χ0n) is 18.1. The van der Waals surface area contributed by atoms with Gasteiger partial charge < -0.3 is 9.80 Å². The summed E-state index contributed by atoms with van der Waals surface area (Å²) in [7, 11) is 0. The van der Waals surface area contributed by atoms with E-state index in [1.165, 1.54) is 24.8 Å². The van der Waals surface area contributed by atoms with Crippen LogP contribution in [0.3, 0.4) is 0 Å².